The average Bonchev–Trinajstić information content (AvgIpc) is 2.35. The van der Waals surface area contributed by atoms with Gasteiger partial charge < -0.3 is 5.11 Å². The summed E-state index contributed by atoms with van der Waals surface area (Å²) in [6.45, 7) is 0. The molecule has 0 aliphatic rings. The maximum Gasteiger partial charge on any atom is 0.127 e. The van der Waals surface area contributed by atoms with Gasteiger partial charge in [-0.2, -0.15) is 0 Å². The molecule has 1 unspecified atom stereocenters. The lowest BCUT2D eigenvalue weighted by molar-refractivity contribution is 0.176. The van der Waals surface area contributed by atoms with Crippen molar-refractivity contribution >= 4 is 43.5 Å². The summed E-state index contributed by atoms with van der Waals surface area (Å²) in [7, 11) is 0. The smallest absolute Gasteiger partial charge is 0.127 e. The van der Waals surface area contributed by atoms with E-state index in [0.717, 1.165) is 8.95 Å². The van der Waals surface area contributed by atoms with Crippen LogP contribution < -0.4 is 0 Å². The van der Waals surface area contributed by atoms with Crippen molar-refractivity contribution in [1.29, 1.82) is 0 Å². The highest BCUT2D eigenvalue weighted by Gasteiger charge is 2.15. The van der Waals surface area contributed by atoms with Gasteiger partial charge in [-0.25, -0.2) is 4.39 Å². The lowest BCUT2D eigenvalue weighted by Crippen LogP contribution is -2.04. The summed E-state index contributed by atoms with van der Waals surface area (Å²) in [5, 5.41) is 10.6. The molecule has 2 aromatic carbocycles. The van der Waals surface area contributed by atoms with E-state index in [0.29, 0.717) is 16.1 Å². The number of aliphatic hydroxyl groups is 1. The monoisotopic (exact) mass is 406 g/mol. The van der Waals surface area contributed by atoms with Crippen molar-refractivity contribution in [2.75, 3.05) is 0 Å². The fourth-order valence-electron chi connectivity index (χ4n) is 1.78. The minimum absolute atomic E-state index is 0.193. The maximum atomic E-state index is 13.7. The van der Waals surface area contributed by atoms with Gasteiger partial charge in [0.05, 0.1) is 6.10 Å². The van der Waals surface area contributed by atoms with Crippen molar-refractivity contribution in [3.8, 4) is 0 Å². The third-order valence-electron chi connectivity index (χ3n) is 2.75. The van der Waals surface area contributed by atoms with Crippen molar-refractivity contribution in [1.82, 2.24) is 0 Å². The Hall–Kier alpha value is -0.420. The summed E-state index contributed by atoms with van der Waals surface area (Å²) in [5.41, 5.74) is 1.15. The second-order valence-corrected chi connectivity index (χ2v) is 6.33. The first-order valence-electron chi connectivity index (χ1n) is 5.54. The molecule has 5 heteroatoms. The zero-order valence-corrected chi connectivity index (χ0v) is 13.6. The van der Waals surface area contributed by atoms with Crippen LogP contribution in [0.2, 0.25) is 5.02 Å². The van der Waals surface area contributed by atoms with Gasteiger partial charge in [-0.05, 0) is 41.5 Å². The largest absolute Gasteiger partial charge is 0.388 e. The zero-order valence-electron chi connectivity index (χ0n) is 9.71. The zero-order chi connectivity index (χ0) is 14.0. The van der Waals surface area contributed by atoms with Gasteiger partial charge in [0, 0.05) is 20.4 Å². The molecule has 0 saturated heterocycles. The summed E-state index contributed by atoms with van der Waals surface area (Å²) in [6, 6.07) is 9.96. The molecule has 0 aliphatic heterocycles. The van der Waals surface area contributed by atoms with Crippen LogP contribution >= 0.6 is 43.5 Å². The molecule has 0 amide bonds. The molecule has 1 N–H and O–H groups in total. The van der Waals surface area contributed by atoms with Crippen LogP contribution in [0.4, 0.5) is 4.39 Å². The Kier molecular flexibility index (Phi) is 5.01. The van der Waals surface area contributed by atoms with Crippen molar-refractivity contribution in [2.45, 2.75) is 12.5 Å². The molecule has 100 valence electrons. The molecule has 0 aromatic heterocycles. The Bertz CT molecular complexity index is 604. The van der Waals surface area contributed by atoms with Gasteiger partial charge in [0.15, 0.2) is 0 Å². The number of rotatable bonds is 3. The molecule has 1 nitrogen and oxygen atoms in total. The number of aliphatic hydroxyl groups excluding tert-OH is 1. The van der Waals surface area contributed by atoms with E-state index in [1.54, 1.807) is 12.1 Å². The molecule has 19 heavy (non-hydrogen) atoms. The van der Waals surface area contributed by atoms with Gasteiger partial charge in [-0.15, -0.1) is 0 Å². The highest BCUT2D eigenvalue weighted by atomic mass is 79.9. The van der Waals surface area contributed by atoms with E-state index >= 15 is 0 Å². The summed E-state index contributed by atoms with van der Waals surface area (Å²) < 4.78 is 15.3. The lowest BCUT2D eigenvalue weighted by atomic mass is 10.0. The van der Waals surface area contributed by atoms with Gasteiger partial charge in [-0.3, -0.25) is 0 Å². The standard InChI is InChI=1S/C14H10Br2ClFO/c15-9-2-4-12(16)11(6-9)14(19)5-8-1-3-10(17)7-13(8)18/h1-4,6-7,14,19H,5H2. The first-order valence-corrected chi connectivity index (χ1v) is 7.50. The normalized spacial score (nSPS) is 12.5. The highest BCUT2D eigenvalue weighted by molar-refractivity contribution is 9.11. The Morgan fingerprint density at radius 1 is 1.16 bits per heavy atom. The van der Waals surface area contributed by atoms with Crippen LogP contribution in [0.5, 0.6) is 0 Å². The van der Waals surface area contributed by atoms with E-state index < -0.39 is 11.9 Å². The average molecular weight is 408 g/mol. The van der Waals surface area contributed by atoms with E-state index in [1.807, 2.05) is 18.2 Å². The molecule has 2 rings (SSSR count). The van der Waals surface area contributed by atoms with Gasteiger partial charge in [0.1, 0.15) is 5.82 Å². The van der Waals surface area contributed by atoms with E-state index in [4.69, 9.17) is 11.6 Å². The van der Waals surface area contributed by atoms with Crippen molar-refractivity contribution in [3.05, 3.63) is 67.3 Å². The molecule has 2 aromatic rings. The summed E-state index contributed by atoms with van der Waals surface area (Å²) in [5.74, 6) is -0.405. The van der Waals surface area contributed by atoms with Crippen LogP contribution in [0.1, 0.15) is 17.2 Å². The molecule has 0 heterocycles. The van der Waals surface area contributed by atoms with Crippen LogP contribution in [-0.4, -0.2) is 5.11 Å². The molecular weight excluding hydrogens is 398 g/mol. The van der Waals surface area contributed by atoms with Crippen molar-refractivity contribution in [2.24, 2.45) is 0 Å². The number of hydrogen-bond acceptors (Lipinski definition) is 1. The minimum atomic E-state index is -0.789. The third-order valence-corrected chi connectivity index (χ3v) is 4.20. The van der Waals surface area contributed by atoms with Crippen LogP contribution in [-0.2, 0) is 6.42 Å². The van der Waals surface area contributed by atoms with Crippen LogP contribution in [0, 0.1) is 5.82 Å². The molecule has 0 fully saturated rings. The molecule has 0 radical (unpaired) electrons. The SMILES string of the molecule is OC(Cc1ccc(Cl)cc1F)c1cc(Br)ccc1Br. The van der Waals surface area contributed by atoms with E-state index in [2.05, 4.69) is 31.9 Å². The van der Waals surface area contributed by atoms with Crippen molar-refractivity contribution < 1.29 is 9.50 Å². The fraction of sp³-hybridized carbons (Fsp3) is 0.143. The van der Waals surface area contributed by atoms with Crippen LogP contribution in [0.25, 0.3) is 0 Å². The number of hydrogen-bond donors (Lipinski definition) is 1. The van der Waals surface area contributed by atoms with Gasteiger partial charge >= 0.3 is 0 Å². The molecule has 0 spiro atoms. The second kappa shape index (κ2) is 6.35. The molecule has 0 aliphatic carbocycles. The molecular formula is C14H10Br2ClFO. The summed E-state index contributed by atoms with van der Waals surface area (Å²) >= 11 is 12.4. The molecule has 1 atom stereocenters. The van der Waals surface area contributed by atoms with Crippen molar-refractivity contribution in [3.63, 3.8) is 0 Å². The third kappa shape index (κ3) is 3.78. The topological polar surface area (TPSA) is 20.2 Å². The summed E-state index contributed by atoms with van der Waals surface area (Å²) in [4.78, 5) is 0. The Morgan fingerprint density at radius 3 is 2.58 bits per heavy atom. The second-order valence-electron chi connectivity index (χ2n) is 4.12. The number of benzene rings is 2. The summed E-state index contributed by atoms with van der Waals surface area (Å²) in [6.07, 6.45) is -0.597. The van der Waals surface area contributed by atoms with Gasteiger partial charge in [-0.1, -0.05) is 49.5 Å². The van der Waals surface area contributed by atoms with E-state index in [1.165, 1.54) is 6.07 Å². The Morgan fingerprint density at radius 2 is 1.89 bits per heavy atom. The van der Waals surface area contributed by atoms with Crippen LogP contribution in [0.15, 0.2) is 45.3 Å². The highest BCUT2D eigenvalue weighted by Crippen LogP contribution is 2.29. The first kappa shape index (κ1) is 15.0. The minimum Gasteiger partial charge on any atom is -0.388 e. The van der Waals surface area contributed by atoms with E-state index in [9.17, 15) is 9.50 Å². The predicted octanol–water partition coefficient (Wildman–Crippen LogP) is 5.28. The lowest BCUT2D eigenvalue weighted by Gasteiger charge is -2.14. The van der Waals surface area contributed by atoms with Gasteiger partial charge in [0.25, 0.3) is 0 Å². The first-order chi connectivity index (χ1) is 8.97. The maximum absolute atomic E-state index is 13.7. The van der Waals surface area contributed by atoms with Gasteiger partial charge in [0.2, 0.25) is 0 Å². The predicted molar refractivity (Wildman–Crippen MR) is 81.9 cm³/mol. The molecule has 0 saturated carbocycles. The quantitative estimate of drug-likeness (QED) is 0.733. The fourth-order valence-corrected chi connectivity index (χ4v) is 2.82. The Balaban J connectivity index is 2.25. The number of halogens is 4. The molecule has 0 bridgehead atoms. The van der Waals surface area contributed by atoms with E-state index in [-0.39, 0.29) is 6.42 Å². The Labute approximate surface area is 132 Å². The van der Waals surface area contributed by atoms with Crippen LogP contribution in [0.3, 0.4) is 0 Å².